The van der Waals surface area contributed by atoms with Gasteiger partial charge in [0, 0.05) is 17.6 Å². The van der Waals surface area contributed by atoms with E-state index < -0.39 is 21.6 Å². The number of aromatic nitrogens is 2. The van der Waals surface area contributed by atoms with Crippen molar-refractivity contribution in [1.82, 2.24) is 14.1 Å². The first-order valence-corrected chi connectivity index (χ1v) is 8.36. The number of thiazole rings is 1. The summed E-state index contributed by atoms with van der Waals surface area (Å²) in [4.78, 5) is 16.5. The number of nitrogens with one attached hydrogen (secondary N) is 1. The van der Waals surface area contributed by atoms with Gasteiger partial charge in [-0.05, 0) is 13.3 Å². The van der Waals surface area contributed by atoms with Gasteiger partial charge in [0.1, 0.15) is 0 Å². The van der Waals surface area contributed by atoms with Crippen LogP contribution in [0.4, 0.5) is 0 Å². The van der Waals surface area contributed by atoms with Crippen LogP contribution in [0.1, 0.15) is 19.0 Å². The molecule has 0 aliphatic rings. The van der Waals surface area contributed by atoms with Gasteiger partial charge in [0.25, 0.3) is 5.56 Å². The van der Waals surface area contributed by atoms with E-state index in [-0.39, 0.29) is 17.2 Å². The molecule has 0 amide bonds. The summed E-state index contributed by atoms with van der Waals surface area (Å²) < 4.78 is 28.1. The van der Waals surface area contributed by atoms with Gasteiger partial charge in [0.2, 0.25) is 10.0 Å². The highest BCUT2D eigenvalue weighted by Gasteiger charge is 2.26. The van der Waals surface area contributed by atoms with Gasteiger partial charge in [-0.15, -0.1) is 11.3 Å². The molecule has 2 aromatic heterocycles. The van der Waals surface area contributed by atoms with Gasteiger partial charge >= 0.3 is 0 Å². The van der Waals surface area contributed by atoms with E-state index in [1.54, 1.807) is 12.3 Å². The lowest BCUT2D eigenvalue weighted by atomic mass is 10.3. The average molecular weight is 317 g/mol. The molecule has 110 valence electrons. The van der Waals surface area contributed by atoms with Crippen molar-refractivity contribution in [1.29, 1.82) is 0 Å². The topological polar surface area (TPSA) is 101 Å². The van der Waals surface area contributed by atoms with Crippen LogP contribution in [0.5, 0.6) is 0 Å². The Bertz CT molecular complexity index is 775. The van der Waals surface area contributed by atoms with Gasteiger partial charge in [-0.1, -0.05) is 6.92 Å². The zero-order chi connectivity index (χ0) is 14.9. The molecule has 0 aliphatic heterocycles. The fourth-order valence-corrected chi connectivity index (χ4v) is 4.12. The quantitative estimate of drug-likeness (QED) is 0.815. The highest BCUT2D eigenvalue weighted by Crippen LogP contribution is 2.13. The maximum absolute atomic E-state index is 12.3. The molecule has 0 saturated carbocycles. The minimum atomic E-state index is -4.02. The SMILES string of the molecule is CCC(CO)NS(=O)(=O)c1c(C)nc2sccn2c1=O. The van der Waals surface area contributed by atoms with Crippen molar-refractivity contribution in [2.45, 2.75) is 31.2 Å². The number of hydrogen-bond acceptors (Lipinski definition) is 6. The van der Waals surface area contributed by atoms with E-state index in [2.05, 4.69) is 9.71 Å². The second-order valence-corrected chi connectivity index (χ2v) is 6.82. The Hall–Kier alpha value is -1.29. The Labute approximate surface area is 120 Å². The zero-order valence-electron chi connectivity index (χ0n) is 11.0. The molecule has 0 spiro atoms. The minimum Gasteiger partial charge on any atom is -0.395 e. The maximum atomic E-state index is 12.3. The van der Waals surface area contributed by atoms with Crippen LogP contribution in [0.3, 0.4) is 0 Å². The van der Waals surface area contributed by atoms with E-state index in [0.29, 0.717) is 11.4 Å². The molecule has 0 aliphatic carbocycles. The minimum absolute atomic E-state index is 0.151. The monoisotopic (exact) mass is 317 g/mol. The predicted molar refractivity (Wildman–Crippen MR) is 75.6 cm³/mol. The van der Waals surface area contributed by atoms with Crippen LogP contribution >= 0.6 is 11.3 Å². The van der Waals surface area contributed by atoms with Gasteiger partial charge in [0.15, 0.2) is 9.86 Å². The van der Waals surface area contributed by atoms with Gasteiger partial charge in [0.05, 0.1) is 12.3 Å². The summed E-state index contributed by atoms with van der Waals surface area (Å²) in [7, 11) is -4.02. The van der Waals surface area contributed by atoms with Crippen LogP contribution in [0.15, 0.2) is 21.3 Å². The fourth-order valence-electron chi connectivity index (χ4n) is 1.80. The summed E-state index contributed by atoms with van der Waals surface area (Å²) in [6.07, 6.45) is 1.90. The van der Waals surface area contributed by atoms with E-state index >= 15 is 0 Å². The number of sulfonamides is 1. The van der Waals surface area contributed by atoms with Crippen molar-refractivity contribution in [2.24, 2.45) is 0 Å². The Balaban J connectivity index is 2.59. The lowest BCUT2D eigenvalue weighted by molar-refractivity contribution is 0.253. The molecule has 1 atom stereocenters. The normalized spacial score (nSPS) is 13.8. The zero-order valence-corrected chi connectivity index (χ0v) is 12.7. The lowest BCUT2D eigenvalue weighted by Crippen LogP contribution is -2.40. The lowest BCUT2D eigenvalue weighted by Gasteiger charge is -2.14. The first-order valence-electron chi connectivity index (χ1n) is 6.00. The molecule has 7 nitrogen and oxygen atoms in total. The molecule has 0 aromatic carbocycles. The van der Waals surface area contributed by atoms with Crippen LogP contribution in [-0.4, -0.2) is 35.6 Å². The second kappa shape index (κ2) is 5.60. The molecule has 2 heterocycles. The fraction of sp³-hybridized carbons (Fsp3) is 0.455. The number of nitrogens with zero attached hydrogens (tertiary/aromatic N) is 2. The first kappa shape index (κ1) is 15.1. The molecule has 0 bridgehead atoms. The Morgan fingerprint density at radius 3 is 2.85 bits per heavy atom. The van der Waals surface area contributed by atoms with E-state index in [1.165, 1.54) is 28.9 Å². The number of hydrogen-bond donors (Lipinski definition) is 2. The molecule has 1 unspecified atom stereocenters. The first-order chi connectivity index (χ1) is 9.40. The summed E-state index contributed by atoms with van der Waals surface area (Å²) >= 11 is 1.25. The molecule has 20 heavy (non-hydrogen) atoms. The Morgan fingerprint density at radius 2 is 2.25 bits per heavy atom. The molecule has 0 radical (unpaired) electrons. The third-order valence-corrected chi connectivity index (χ3v) is 5.31. The predicted octanol–water partition coefficient (Wildman–Crippen LogP) is 0.114. The molecule has 2 rings (SSSR count). The van der Waals surface area contributed by atoms with E-state index in [1.807, 2.05) is 0 Å². The Kier molecular flexibility index (Phi) is 4.23. The molecular formula is C11H15N3O4S2. The summed E-state index contributed by atoms with van der Waals surface area (Å²) in [6.45, 7) is 2.89. The number of aliphatic hydroxyl groups excluding tert-OH is 1. The summed E-state index contributed by atoms with van der Waals surface area (Å²) in [6, 6.07) is -0.623. The highest BCUT2D eigenvalue weighted by atomic mass is 32.2. The van der Waals surface area contributed by atoms with Crippen LogP contribution in [0, 0.1) is 6.92 Å². The van der Waals surface area contributed by atoms with Gasteiger partial charge in [-0.3, -0.25) is 9.20 Å². The standard InChI is InChI=1S/C11H15N3O4S2/c1-3-8(6-15)13-20(17,18)9-7(2)12-11-14(10(9)16)4-5-19-11/h4-5,8,13,15H,3,6H2,1-2H3. The maximum Gasteiger partial charge on any atom is 0.279 e. The third-order valence-electron chi connectivity index (χ3n) is 2.90. The molecular weight excluding hydrogens is 302 g/mol. The van der Waals surface area contributed by atoms with Crippen LogP contribution in [0.25, 0.3) is 4.96 Å². The average Bonchev–Trinajstić information content (AvgIpc) is 2.84. The van der Waals surface area contributed by atoms with Crippen LogP contribution in [-0.2, 0) is 10.0 Å². The number of fused-ring (bicyclic) bond motifs is 1. The van der Waals surface area contributed by atoms with Gasteiger partial charge < -0.3 is 5.11 Å². The number of aliphatic hydroxyl groups is 1. The van der Waals surface area contributed by atoms with Crippen molar-refractivity contribution in [3.05, 3.63) is 27.6 Å². The van der Waals surface area contributed by atoms with E-state index in [9.17, 15) is 13.2 Å². The summed E-state index contributed by atoms with van der Waals surface area (Å²) in [5.41, 5.74) is -0.480. The van der Waals surface area contributed by atoms with E-state index in [4.69, 9.17) is 5.11 Å². The molecule has 2 N–H and O–H groups in total. The van der Waals surface area contributed by atoms with E-state index in [0.717, 1.165) is 0 Å². The van der Waals surface area contributed by atoms with Crippen LogP contribution in [0.2, 0.25) is 0 Å². The van der Waals surface area contributed by atoms with Crippen molar-refractivity contribution in [3.63, 3.8) is 0 Å². The van der Waals surface area contributed by atoms with Crippen molar-refractivity contribution < 1.29 is 13.5 Å². The number of rotatable bonds is 5. The largest absolute Gasteiger partial charge is 0.395 e. The Morgan fingerprint density at radius 1 is 1.55 bits per heavy atom. The molecule has 0 fully saturated rings. The second-order valence-electron chi connectivity index (χ2n) is 4.30. The van der Waals surface area contributed by atoms with Crippen LogP contribution < -0.4 is 10.3 Å². The van der Waals surface area contributed by atoms with Gasteiger partial charge in [-0.25, -0.2) is 18.1 Å². The van der Waals surface area contributed by atoms with Gasteiger partial charge in [-0.2, -0.15) is 0 Å². The molecule has 0 saturated heterocycles. The number of aryl methyl sites for hydroxylation is 1. The van der Waals surface area contributed by atoms with Crippen molar-refractivity contribution in [3.8, 4) is 0 Å². The highest BCUT2D eigenvalue weighted by molar-refractivity contribution is 7.89. The van der Waals surface area contributed by atoms with Crippen molar-refractivity contribution in [2.75, 3.05) is 6.61 Å². The smallest absolute Gasteiger partial charge is 0.279 e. The molecule has 2 aromatic rings. The summed E-state index contributed by atoms with van der Waals surface area (Å²) in [5.74, 6) is 0. The third kappa shape index (κ3) is 2.62. The summed E-state index contributed by atoms with van der Waals surface area (Å²) in [5, 5.41) is 10.8. The van der Waals surface area contributed by atoms with Crippen molar-refractivity contribution >= 4 is 26.3 Å². The molecule has 9 heteroatoms.